The number of anilines is 1. The molecule has 31 heavy (non-hydrogen) atoms. The third-order valence-corrected chi connectivity index (χ3v) is 5.92. The van der Waals surface area contributed by atoms with E-state index in [1.54, 1.807) is 22.8 Å². The SMILES string of the molecule is CCCc1cc2c(C(F)(F)F)c(N)ccc2n1Cc1noc(-c2cc(I)ccc2Cl)n1. The number of nitrogen functional groups attached to an aromatic ring is 1. The first-order chi connectivity index (χ1) is 14.7. The summed E-state index contributed by atoms with van der Waals surface area (Å²) in [7, 11) is 0. The van der Waals surface area contributed by atoms with Gasteiger partial charge in [-0.15, -0.1) is 0 Å². The van der Waals surface area contributed by atoms with Gasteiger partial charge in [-0.2, -0.15) is 18.2 Å². The Hall–Kier alpha value is -2.27. The largest absolute Gasteiger partial charge is 0.419 e. The molecule has 0 aliphatic carbocycles. The number of hydrogen-bond donors (Lipinski definition) is 1. The number of rotatable bonds is 5. The average Bonchev–Trinajstić information content (AvgIpc) is 3.28. The summed E-state index contributed by atoms with van der Waals surface area (Å²) >= 11 is 8.40. The highest BCUT2D eigenvalue weighted by Gasteiger charge is 2.36. The molecule has 0 spiro atoms. The van der Waals surface area contributed by atoms with Crippen molar-refractivity contribution < 1.29 is 17.7 Å². The molecule has 0 amide bonds. The third kappa shape index (κ3) is 4.25. The molecule has 0 radical (unpaired) electrons. The van der Waals surface area contributed by atoms with E-state index < -0.39 is 11.7 Å². The molecule has 0 aliphatic rings. The molecule has 5 nitrogen and oxygen atoms in total. The highest BCUT2D eigenvalue weighted by atomic mass is 127. The molecule has 2 aromatic heterocycles. The lowest BCUT2D eigenvalue weighted by Gasteiger charge is -2.12. The molecule has 0 unspecified atom stereocenters. The van der Waals surface area contributed by atoms with Crippen LogP contribution in [0.3, 0.4) is 0 Å². The number of fused-ring (bicyclic) bond motifs is 1. The van der Waals surface area contributed by atoms with Crippen molar-refractivity contribution >= 4 is 50.8 Å². The molecule has 10 heteroatoms. The number of hydrogen-bond acceptors (Lipinski definition) is 4. The molecule has 0 aliphatic heterocycles. The van der Waals surface area contributed by atoms with E-state index in [4.69, 9.17) is 21.9 Å². The van der Waals surface area contributed by atoms with Gasteiger partial charge in [0, 0.05) is 25.9 Å². The number of benzene rings is 2. The van der Waals surface area contributed by atoms with Gasteiger partial charge in [0.1, 0.15) is 0 Å². The first kappa shape index (κ1) is 21.9. The van der Waals surface area contributed by atoms with Crippen molar-refractivity contribution in [3.05, 3.63) is 62.1 Å². The van der Waals surface area contributed by atoms with E-state index in [0.717, 1.165) is 15.7 Å². The molecule has 0 saturated heterocycles. The van der Waals surface area contributed by atoms with E-state index in [1.807, 2.05) is 19.1 Å². The molecule has 162 valence electrons. The molecule has 0 saturated carbocycles. The smallest absolute Gasteiger partial charge is 0.398 e. The van der Waals surface area contributed by atoms with Crippen LogP contribution < -0.4 is 5.73 Å². The first-order valence-corrected chi connectivity index (χ1v) is 10.9. The summed E-state index contributed by atoms with van der Waals surface area (Å²) in [6.45, 7) is 2.12. The van der Waals surface area contributed by atoms with Crippen molar-refractivity contribution in [2.24, 2.45) is 0 Å². The van der Waals surface area contributed by atoms with Crippen LogP contribution in [0.1, 0.15) is 30.4 Å². The second-order valence-electron chi connectivity index (χ2n) is 7.07. The Balaban J connectivity index is 1.79. The summed E-state index contributed by atoms with van der Waals surface area (Å²) in [6.07, 6.45) is -3.19. The van der Waals surface area contributed by atoms with E-state index in [0.29, 0.717) is 28.3 Å². The van der Waals surface area contributed by atoms with Gasteiger partial charge in [0.15, 0.2) is 5.82 Å². The minimum absolute atomic E-state index is 0.0697. The Morgan fingerprint density at radius 2 is 1.97 bits per heavy atom. The number of halogens is 5. The topological polar surface area (TPSA) is 69.9 Å². The van der Waals surface area contributed by atoms with E-state index in [2.05, 4.69) is 32.7 Å². The fraction of sp³-hybridized carbons (Fsp3) is 0.238. The fourth-order valence-electron chi connectivity index (χ4n) is 3.60. The van der Waals surface area contributed by atoms with Crippen LogP contribution in [-0.2, 0) is 19.1 Å². The summed E-state index contributed by atoms with van der Waals surface area (Å²) in [6, 6.07) is 9.85. The van der Waals surface area contributed by atoms with E-state index in [-0.39, 0.29) is 23.5 Å². The van der Waals surface area contributed by atoms with Gasteiger partial charge in [0.2, 0.25) is 0 Å². The van der Waals surface area contributed by atoms with Gasteiger partial charge in [-0.25, -0.2) is 0 Å². The summed E-state index contributed by atoms with van der Waals surface area (Å²) in [5, 5.41) is 4.56. The maximum Gasteiger partial charge on any atom is 0.419 e. The molecular weight excluding hydrogens is 544 g/mol. The monoisotopic (exact) mass is 560 g/mol. The fourth-order valence-corrected chi connectivity index (χ4v) is 4.29. The third-order valence-electron chi connectivity index (χ3n) is 4.92. The predicted molar refractivity (Wildman–Crippen MR) is 122 cm³/mol. The van der Waals surface area contributed by atoms with Crippen molar-refractivity contribution in [1.29, 1.82) is 0 Å². The maximum absolute atomic E-state index is 13.7. The second kappa shape index (κ2) is 8.34. The molecule has 4 rings (SSSR count). The van der Waals surface area contributed by atoms with Crippen molar-refractivity contribution in [1.82, 2.24) is 14.7 Å². The molecule has 0 atom stereocenters. The average molecular weight is 561 g/mol. The lowest BCUT2D eigenvalue weighted by Crippen LogP contribution is -2.10. The van der Waals surface area contributed by atoms with Gasteiger partial charge in [-0.05, 0) is 65.4 Å². The van der Waals surface area contributed by atoms with Crippen molar-refractivity contribution in [2.75, 3.05) is 5.73 Å². The zero-order chi connectivity index (χ0) is 22.3. The molecule has 2 aromatic carbocycles. The van der Waals surface area contributed by atoms with Crippen molar-refractivity contribution in [2.45, 2.75) is 32.5 Å². The lowest BCUT2D eigenvalue weighted by atomic mass is 10.1. The van der Waals surface area contributed by atoms with Crippen LogP contribution in [-0.4, -0.2) is 14.7 Å². The van der Waals surface area contributed by atoms with Gasteiger partial charge >= 0.3 is 6.18 Å². The van der Waals surface area contributed by atoms with Crippen LogP contribution in [0.4, 0.5) is 18.9 Å². The Morgan fingerprint density at radius 3 is 2.68 bits per heavy atom. The van der Waals surface area contributed by atoms with Crippen LogP contribution in [0.25, 0.3) is 22.4 Å². The van der Waals surface area contributed by atoms with Gasteiger partial charge < -0.3 is 14.8 Å². The minimum atomic E-state index is -4.56. The summed E-state index contributed by atoms with van der Waals surface area (Å²) in [5.41, 5.74) is 6.32. The Bertz CT molecular complexity index is 1270. The minimum Gasteiger partial charge on any atom is -0.398 e. The molecule has 0 fully saturated rings. The van der Waals surface area contributed by atoms with Crippen LogP contribution in [0.5, 0.6) is 0 Å². The van der Waals surface area contributed by atoms with E-state index >= 15 is 0 Å². The van der Waals surface area contributed by atoms with Gasteiger partial charge in [0.05, 0.1) is 22.7 Å². The second-order valence-corrected chi connectivity index (χ2v) is 8.72. The Labute approximate surface area is 194 Å². The zero-order valence-electron chi connectivity index (χ0n) is 16.3. The standard InChI is InChI=1S/C21H17ClF3IN4O/c1-2-3-12-9-14-17(7-6-16(27)19(14)21(23,24)25)30(12)10-18-28-20(31-29-18)13-8-11(26)4-5-15(13)22/h4-9H,2-3,10,27H2,1H3. The molecule has 0 bridgehead atoms. The summed E-state index contributed by atoms with van der Waals surface area (Å²) < 4.78 is 49.1. The quantitative estimate of drug-likeness (QED) is 0.222. The van der Waals surface area contributed by atoms with Crippen molar-refractivity contribution in [3.63, 3.8) is 0 Å². The van der Waals surface area contributed by atoms with Crippen LogP contribution in [0.2, 0.25) is 5.02 Å². The van der Waals surface area contributed by atoms with Crippen molar-refractivity contribution in [3.8, 4) is 11.5 Å². The van der Waals surface area contributed by atoms with Gasteiger partial charge in [-0.3, -0.25) is 0 Å². The van der Waals surface area contributed by atoms with Gasteiger partial charge in [-0.1, -0.05) is 30.1 Å². The molecule has 2 heterocycles. The Morgan fingerprint density at radius 1 is 1.19 bits per heavy atom. The lowest BCUT2D eigenvalue weighted by molar-refractivity contribution is -0.135. The summed E-state index contributed by atoms with van der Waals surface area (Å²) in [4.78, 5) is 4.42. The molecule has 4 aromatic rings. The highest BCUT2D eigenvalue weighted by Crippen LogP contribution is 2.40. The number of nitrogens with zero attached hydrogens (tertiary/aromatic N) is 3. The zero-order valence-corrected chi connectivity index (χ0v) is 19.2. The number of aryl methyl sites for hydroxylation is 1. The van der Waals surface area contributed by atoms with E-state index in [1.165, 1.54) is 6.07 Å². The number of aromatic nitrogens is 3. The van der Waals surface area contributed by atoms with Crippen LogP contribution in [0.15, 0.2) is 40.9 Å². The first-order valence-electron chi connectivity index (χ1n) is 9.44. The normalized spacial score (nSPS) is 12.1. The molecule has 2 N–H and O–H groups in total. The predicted octanol–water partition coefficient (Wildman–Crippen LogP) is 6.55. The highest BCUT2D eigenvalue weighted by molar-refractivity contribution is 14.1. The maximum atomic E-state index is 13.7. The van der Waals surface area contributed by atoms with Crippen LogP contribution >= 0.6 is 34.2 Å². The summed E-state index contributed by atoms with van der Waals surface area (Å²) in [5.74, 6) is 0.595. The number of alkyl halides is 3. The Kier molecular flexibility index (Phi) is 5.91. The van der Waals surface area contributed by atoms with E-state index in [9.17, 15) is 13.2 Å². The van der Waals surface area contributed by atoms with Crippen LogP contribution in [0, 0.1) is 3.57 Å². The molecular formula is C21H17ClF3IN4O. The number of nitrogens with two attached hydrogens (primary N) is 1. The van der Waals surface area contributed by atoms with Gasteiger partial charge in [0.25, 0.3) is 5.89 Å².